The van der Waals surface area contributed by atoms with E-state index in [-0.39, 0.29) is 12.5 Å². The van der Waals surface area contributed by atoms with Crippen LogP contribution in [0.1, 0.15) is 12.5 Å². The van der Waals surface area contributed by atoms with Gasteiger partial charge in [0.1, 0.15) is 5.75 Å². The summed E-state index contributed by atoms with van der Waals surface area (Å²) in [7, 11) is 0. The van der Waals surface area contributed by atoms with Gasteiger partial charge in [0.2, 0.25) is 5.95 Å². The number of nitrogens with zero attached hydrogens (tertiary/aromatic N) is 4. The number of aromatic nitrogens is 2. The Kier molecular flexibility index (Phi) is 5.25. The number of aryl methyl sites for hydroxylation is 1. The van der Waals surface area contributed by atoms with Crippen LogP contribution >= 0.6 is 0 Å². The Labute approximate surface area is 142 Å². The average Bonchev–Trinajstić information content (AvgIpc) is 2.67. The van der Waals surface area contributed by atoms with Crippen molar-refractivity contribution >= 4 is 11.9 Å². The van der Waals surface area contributed by atoms with Crippen molar-refractivity contribution in [1.29, 1.82) is 0 Å². The summed E-state index contributed by atoms with van der Waals surface area (Å²) in [4.78, 5) is 24.8. The largest absolute Gasteiger partial charge is 0.483 e. The first-order valence-electron chi connectivity index (χ1n) is 8.28. The monoisotopic (exact) mass is 326 g/mol. The number of anilines is 1. The molecule has 2 heterocycles. The molecule has 0 saturated carbocycles. The van der Waals surface area contributed by atoms with Crippen molar-refractivity contribution in [2.24, 2.45) is 0 Å². The Balaban J connectivity index is 1.50. The molecule has 1 aromatic heterocycles. The predicted molar refractivity (Wildman–Crippen MR) is 92.1 cm³/mol. The molecule has 1 aliphatic heterocycles. The highest BCUT2D eigenvalue weighted by Gasteiger charge is 2.22. The van der Waals surface area contributed by atoms with Crippen molar-refractivity contribution in [3.8, 4) is 5.75 Å². The lowest BCUT2D eigenvalue weighted by Crippen LogP contribution is -2.50. The second kappa shape index (κ2) is 7.77. The Hall–Kier alpha value is -2.63. The van der Waals surface area contributed by atoms with Gasteiger partial charge in [-0.3, -0.25) is 4.79 Å². The topological polar surface area (TPSA) is 58.6 Å². The van der Waals surface area contributed by atoms with Crippen LogP contribution in [0, 0.1) is 0 Å². The molecule has 6 nitrogen and oxygen atoms in total. The number of piperazine rings is 1. The molecule has 1 saturated heterocycles. The molecule has 0 N–H and O–H groups in total. The molecule has 0 unspecified atom stereocenters. The molecule has 1 amide bonds. The molecule has 126 valence electrons. The van der Waals surface area contributed by atoms with Crippen molar-refractivity contribution in [2.75, 3.05) is 37.7 Å². The van der Waals surface area contributed by atoms with Crippen molar-refractivity contribution < 1.29 is 9.53 Å². The maximum Gasteiger partial charge on any atom is 0.260 e. The van der Waals surface area contributed by atoms with E-state index >= 15 is 0 Å². The molecule has 1 aliphatic rings. The molecule has 0 atom stereocenters. The van der Waals surface area contributed by atoms with Gasteiger partial charge < -0.3 is 14.5 Å². The number of benzene rings is 1. The third-order valence-electron chi connectivity index (χ3n) is 4.17. The van der Waals surface area contributed by atoms with Crippen LogP contribution in [0.5, 0.6) is 5.75 Å². The molecular formula is C18H22N4O2. The second-order valence-electron chi connectivity index (χ2n) is 5.67. The van der Waals surface area contributed by atoms with Gasteiger partial charge >= 0.3 is 0 Å². The molecule has 1 aromatic carbocycles. The van der Waals surface area contributed by atoms with Gasteiger partial charge in [-0.25, -0.2) is 9.97 Å². The van der Waals surface area contributed by atoms with Crippen molar-refractivity contribution in [1.82, 2.24) is 14.9 Å². The fraction of sp³-hybridized carbons (Fsp3) is 0.389. The van der Waals surface area contributed by atoms with Gasteiger partial charge in [0.05, 0.1) is 0 Å². The highest BCUT2D eigenvalue weighted by molar-refractivity contribution is 5.78. The van der Waals surface area contributed by atoms with Gasteiger partial charge in [-0.15, -0.1) is 0 Å². The lowest BCUT2D eigenvalue weighted by Gasteiger charge is -2.34. The normalized spacial score (nSPS) is 14.5. The average molecular weight is 326 g/mol. The standard InChI is InChI=1S/C18H22N4O2/c1-2-15-6-3-4-7-16(15)24-14-17(23)21-10-12-22(13-11-21)18-19-8-5-9-20-18/h3-9H,2,10-14H2,1H3. The minimum Gasteiger partial charge on any atom is -0.483 e. The Morgan fingerprint density at radius 2 is 1.79 bits per heavy atom. The molecular weight excluding hydrogens is 304 g/mol. The van der Waals surface area contributed by atoms with Crippen molar-refractivity contribution in [3.05, 3.63) is 48.3 Å². The van der Waals surface area contributed by atoms with E-state index in [1.165, 1.54) is 0 Å². The van der Waals surface area contributed by atoms with E-state index in [1.807, 2.05) is 29.2 Å². The molecule has 1 fully saturated rings. The van der Waals surface area contributed by atoms with Crippen molar-refractivity contribution in [3.63, 3.8) is 0 Å². The van der Waals surface area contributed by atoms with E-state index in [9.17, 15) is 4.79 Å². The van der Waals surface area contributed by atoms with Crippen LogP contribution in [-0.2, 0) is 11.2 Å². The van der Waals surface area contributed by atoms with Crippen LogP contribution in [0.2, 0.25) is 0 Å². The number of rotatable bonds is 5. The molecule has 0 spiro atoms. The van der Waals surface area contributed by atoms with E-state index in [1.54, 1.807) is 18.5 Å². The molecule has 2 aromatic rings. The Bertz CT molecular complexity index is 670. The highest BCUT2D eigenvalue weighted by atomic mass is 16.5. The Morgan fingerprint density at radius 3 is 2.50 bits per heavy atom. The fourth-order valence-electron chi connectivity index (χ4n) is 2.78. The maximum absolute atomic E-state index is 12.4. The number of carbonyl (C=O) groups excluding carboxylic acids is 1. The third kappa shape index (κ3) is 3.82. The SMILES string of the molecule is CCc1ccccc1OCC(=O)N1CCN(c2ncccn2)CC1. The van der Waals surface area contributed by atoms with E-state index in [4.69, 9.17) is 4.74 Å². The summed E-state index contributed by atoms with van der Waals surface area (Å²) in [5.74, 6) is 1.54. The first-order chi connectivity index (χ1) is 11.8. The van der Waals surface area contributed by atoms with Gasteiger partial charge in [-0.2, -0.15) is 0 Å². The number of para-hydroxylation sites is 1. The van der Waals surface area contributed by atoms with Gasteiger partial charge in [0, 0.05) is 38.6 Å². The minimum atomic E-state index is 0.0227. The molecule has 6 heteroatoms. The summed E-state index contributed by atoms with van der Waals surface area (Å²) in [6.45, 7) is 4.96. The Morgan fingerprint density at radius 1 is 1.08 bits per heavy atom. The van der Waals surface area contributed by atoms with Gasteiger partial charge in [-0.05, 0) is 24.1 Å². The van der Waals surface area contributed by atoms with E-state index in [0.29, 0.717) is 13.1 Å². The zero-order valence-corrected chi connectivity index (χ0v) is 13.9. The number of ether oxygens (including phenoxy) is 1. The molecule has 0 aliphatic carbocycles. The molecule has 24 heavy (non-hydrogen) atoms. The number of hydrogen-bond donors (Lipinski definition) is 0. The molecule has 0 bridgehead atoms. The van der Waals surface area contributed by atoms with Crippen LogP contribution in [0.4, 0.5) is 5.95 Å². The van der Waals surface area contributed by atoms with Crippen LogP contribution in [0.3, 0.4) is 0 Å². The summed E-state index contributed by atoms with van der Waals surface area (Å²) < 4.78 is 5.73. The maximum atomic E-state index is 12.4. The summed E-state index contributed by atoms with van der Waals surface area (Å²) >= 11 is 0. The van der Waals surface area contributed by atoms with Crippen LogP contribution < -0.4 is 9.64 Å². The first kappa shape index (κ1) is 16.2. The summed E-state index contributed by atoms with van der Waals surface area (Å²) in [5, 5.41) is 0. The first-order valence-corrected chi connectivity index (χ1v) is 8.28. The van der Waals surface area contributed by atoms with E-state index in [2.05, 4.69) is 21.8 Å². The van der Waals surface area contributed by atoms with Crippen molar-refractivity contribution in [2.45, 2.75) is 13.3 Å². The predicted octanol–water partition coefficient (Wildman–Crippen LogP) is 1.77. The number of hydrogen-bond acceptors (Lipinski definition) is 5. The lowest BCUT2D eigenvalue weighted by atomic mass is 10.1. The number of carbonyl (C=O) groups is 1. The third-order valence-corrected chi connectivity index (χ3v) is 4.17. The van der Waals surface area contributed by atoms with Gasteiger partial charge in [-0.1, -0.05) is 25.1 Å². The van der Waals surface area contributed by atoms with Crippen LogP contribution in [-0.4, -0.2) is 53.6 Å². The van der Waals surface area contributed by atoms with Crippen LogP contribution in [0.25, 0.3) is 0 Å². The molecule has 0 radical (unpaired) electrons. The van der Waals surface area contributed by atoms with Gasteiger partial charge in [0.25, 0.3) is 5.91 Å². The highest BCUT2D eigenvalue weighted by Crippen LogP contribution is 2.18. The zero-order chi connectivity index (χ0) is 16.8. The lowest BCUT2D eigenvalue weighted by molar-refractivity contribution is -0.133. The minimum absolute atomic E-state index is 0.0227. The summed E-state index contributed by atoms with van der Waals surface area (Å²) in [6.07, 6.45) is 4.36. The fourth-order valence-corrected chi connectivity index (χ4v) is 2.78. The quantitative estimate of drug-likeness (QED) is 0.838. The van der Waals surface area contributed by atoms with E-state index in [0.717, 1.165) is 36.8 Å². The summed E-state index contributed by atoms with van der Waals surface area (Å²) in [5.41, 5.74) is 1.12. The smallest absolute Gasteiger partial charge is 0.260 e. The number of amides is 1. The zero-order valence-electron chi connectivity index (χ0n) is 13.9. The second-order valence-corrected chi connectivity index (χ2v) is 5.67. The summed E-state index contributed by atoms with van der Waals surface area (Å²) in [6, 6.07) is 9.65. The molecule has 3 rings (SSSR count). The van der Waals surface area contributed by atoms with Gasteiger partial charge in [0.15, 0.2) is 6.61 Å². The van der Waals surface area contributed by atoms with E-state index < -0.39 is 0 Å². The van der Waals surface area contributed by atoms with Crippen LogP contribution in [0.15, 0.2) is 42.7 Å².